The van der Waals surface area contributed by atoms with Crippen molar-refractivity contribution in [1.82, 2.24) is 15.1 Å². The molecule has 0 aromatic heterocycles. The quantitative estimate of drug-likeness (QED) is 0.632. The largest absolute Gasteiger partial charge is 0.349 e. The second kappa shape index (κ2) is 10.5. The predicted octanol–water partition coefficient (Wildman–Crippen LogP) is 4.75. The predicted molar refractivity (Wildman–Crippen MR) is 139 cm³/mol. The molecule has 186 valence electrons. The molecule has 5 rings (SSSR count). The zero-order valence-electron chi connectivity index (χ0n) is 21.2. The minimum atomic E-state index is 0.0619. The smallest absolute Gasteiger partial charge is 0.254 e. The number of nitrogens with one attached hydrogen (secondary N) is 1. The van der Waals surface area contributed by atoms with Crippen LogP contribution in [-0.2, 0) is 4.79 Å². The Kier molecular flexibility index (Phi) is 7.24. The van der Waals surface area contributed by atoms with Crippen LogP contribution in [0.15, 0.2) is 48.5 Å². The minimum Gasteiger partial charge on any atom is -0.349 e. The number of carbonyl (C=O) groups is 2. The van der Waals surface area contributed by atoms with Gasteiger partial charge in [-0.25, -0.2) is 0 Å². The lowest BCUT2D eigenvalue weighted by atomic mass is 10.0. The lowest BCUT2D eigenvalue weighted by Crippen LogP contribution is -2.37. The van der Waals surface area contributed by atoms with E-state index in [1.165, 1.54) is 18.4 Å². The maximum absolute atomic E-state index is 13.3. The number of carbonyl (C=O) groups excluding carboxylic acids is 2. The molecule has 2 saturated heterocycles. The van der Waals surface area contributed by atoms with Crippen molar-refractivity contribution < 1.29 is 9.59 Å². The second-order valence-corrected chi connectivity index (χ2v) is 11.0. The van der Waals surface area contributed by atoms with Gasteiger partial charge in [0.2, 0.25) is 5.91 Å². The van der Waals surface area contributed by atoms with E-state index in [-0.39, 0.29) is 23.8 Å². The van der Waals surface area contributed by atoms with Crippen molar-refractivity contribution in [2.75, 3.05) is 32.7 Å². The van der Waals surface area contributed by atoms with Crippen LogP contribution in [0.25, 0.3) is 0 Å². The minimum absolute atomic E-state index is 0.0619. The molecular formula is C30H39N3O2. The van der Waals surface area contributed by atoms with Gasteiger partial charge in [-0.05, 0) is 61.6 Å². The van der Waals surface area contributed by atoms with Gasteiger partial charge in [-0.2, -0.15) is 0 Å². The molecule has 3 atom stereocenters. The summed E-state index contributed by atoms with van der Waals surface area (Å²) < 4.78 is 0. The Balaban J connectivity index is 1.17. The van der Waals surface area contributed by atoms with Crippen molar-refractivity contribution in [2.24, 2.45) is 17.8 Å². The van der Waals surface area contributed by atoms with E-state index in [2.05, 4.69) is 39.4 Å². The van der Waals surface area contributed by atoms with Gasteiger partial charge in [0.05, 0.1) is 6.04 Å². The molecule has 2 aromatic carbocycles. The number of hydrogen-bond donors (Lipinski definition) is 1. The third kappa shape index (κ3) is 5.30. The Labute approximate surface area is 209 Å². The second-order valence-electron chi connectivity index (χ2n) is 11.0. The highest BCUT2D eigenvalue weighted by Crippen LogP contribution is 2.33. The summed E-state index contributed by atoms with van der Waals surface area (Å²) in [7, 11) is 0. The van der Waals surface area contributed by atoms with E-state index in [1.54, 1.807) is 0 Å². The van der Waals surface area contributed by atoms with E-state index in [4.69, 9.17) is 0 Å². The first-order valence-corrected chi connectivity index (χ1v) is 13.4. The summed E-state index contributed by atoms with van der Waals surface area (Å²) in [6.07, 6.45) is 5.33. The molecule has 3 unspecified atom stereocenters. The van der Waals surface area contributed by atoms with Crippen LogP contribution in [-0.4, -0.2) is 54.3 Å². The molecule has 1 N–H and O–H groups in total. The van der Waals surface area contributed by atoms with E-state index >= 15 is 0 Å². The molecule has 5 nitrogen and oxygen atoms in total. The van der Waals surface area contributed by atoms with Gasteiger partial charge >= 0.3 is 0 Å². The van der Waals surface area contributed by atoms with Crippen molar-refractivity contribution in [1.29, 1.82) is 0 Å². The molecular weight excluding hydrogens is 434 g/mol. The zero-order chi connectivity index (χ0) is 24.4. The molecule has 35 heavy (non-hydrogen) atoms. The Morgan fingerprint density at radius 2 is 1.51 bits per heavy atom. The maximum atomic E-state index is 13.3. The summed E-state index contributed by atoms with van der Waals surface area (Å²) in [6.45, 7) is 8.84. The third-order valence-corrected chi connectivity index (χ3v) is 8.52. The van der Waals surface area contributed by atoms with Crippen molar-refractivity contribution in [3.63, 3.8) is 0 Å². The van der Waals surface area contributed by atoms with Gasteiger partial charge in [-0.1, -0.05) is 61.4 Å². The van der Waals surface area contributed by atoms with Crippen LogP contribution in [0.4, 0.5) is 0 Å². The molecule has 0 spiro atoms. The fourth-order valence-electron chi connectivity index (χ4n) is 6.55. The lowest BCUT2D eigenvalue weighted by Gasteiger charge is -2.26. The first-order valence-electron chi connectivity index (χ1n) is 13.4. The van der Waals surface area contributed by atoms with Gasteiger partial charge in [0.15, 0.2) is 0 Å². The molecule has 2 heterocycles. The number of hydrogen-bond acceptors (Lipinski definition) is 3. The normalized spacial score (nSPS) is 23.4. The number of amides is 2. The highest BCUT2D eigenvalue weighted by atomic mass is 16.2. The number of likely N-dealkylation sites (tertiary alicyclic amines) is 2. The number of rotatable bonds is 7. The number of fused-ring (bicyclic) bond motifs is 1. The van der Waals surface area contributed by atoms with E-state index in [0.29, 0.717) is 11.8 Å². The molecule has 2 aromatic rings. The Morgan fingerprint density at radius 1 is 0.886 bits per heavy atom. The highest BCUT2D eigenvalue weighted by molar-refractivity contribution is 5.97. The van der Waals surface area contributed by atoms with Crippen LogP contribution >= 0.6 is 0 Å². The van der Waals surface area contributed by atoms with Crippen molar-refractivity contribution >= 4 is 11.8 Å². The van der Waals surface area contributed by atoms with Crippen LogP contribution < -0.4 is 5.32 Å². The fourth-order valence-corrected chi connectivity index (χ4v) is 6.55. The summed E-state index contributed by atoms with van der Waals surface area (Å²) in [5, 5.41) is 3.38. The van der Waals surface area contributed by atoms with Crippen molar-refractivity contribution in [3.05, 3.63) is 70.8 Å². The molecule has 2 aliphatic heterocycles. The Bertz CT molecular complexity index is 1010. The topological polar surface area (TPSA) is 52.7 Å². The first-order chi connectivity index (χ1) is 17.0. The molecule has 0 bridgehead atoms. The summed E-state index contributed by atoms with van der Waals surface area (Å²) in [4.78, 5) is 30.8. The number of benzene rings is 2. The Morgan fingerprint density at radius 3 is 2.14 bits per heavy atom. The molecule has 1 aliphatic carbocycles. The van der Waals surface area contributed by atoms with Crippen LogP contribution in [0.5, 0.6) is 0 Å². The molecule has 3 fully saturated rings. The third-order valence-electron chi connectivity index (χ3n) is 8.52. The van der Waals surface area contributed by atoms with Gasteiger partial charge in [0.1, 0.15) is 0 Å². The molecule has 5 heteroatoms. The van der Waals surface area contributed by atoms with Gasteiger partial charge < -0.3 is 15.1 Å². The summed E-state index contributed by atoms with van der Waals surface area (Å²) in [5.41, 5.74) is 4.22. The fraction of sp³-hybridized carbons (Fsp3) is 0.533. The van der Waals surface area contributed by atoms with Gasteiger partial charge in [0.25, 0.3) is 5.91 Å². The molecule has 2 amide bonds. The van der Waals surface area contributed by atoms with E-state index < -0.39 is 0 Å². The van der Waals surface area contributed by atoms with Gasteiger partial charge in [0, 0.05) is 44.2 Å². The lowest BCUT2D eigenvalue weighted by molar-refractivity contribution is -0.125. The summed E-state index contributed by atoms with van der Waals surface area (Å²) in [6, 6.07) is 16.6. The number of nitrogens with zero attached hydrogens (tertiary/aromatic N) is 2. The summed E-state index contributed by atoms with van der Waals surface area (Å²) in [5.74, 6) is 1.71. The molecule has 3 aliphatic rings. The van der Waals surface area contributed by atoms with E-state index in [0.717, 1.165) is 68.7 Å². The van der Waals surface area contributed by atoms with Crippen LogP contribution in [0.1, 0.15) is 65.2 Å². The molecule has 1 saturated carbocycles. The Hall–Kier alpha value is -2.66. The van der Waals surface area contributed by atoms with E-state index in [9.17, 15) is 9.59 Å². The summed E-state index contributed by atoms with van der Waals surface area (Å²) >= 11 is 0. The van der Waals surface area contributed by atoms with Crippen LogP contribution in [0, 0.1) is 31.6 Å². The standard InChI is InChI=1S/C30H39N3O2/c1-21-9-8-10-22(2)28(21)30(35)33-19-25-17-32(18-26(25)20-33)16-15-27(23-11-4-3-5-12-23)31-29(34)24-13-6-7-14-24/h3-5,8-12,24-27H,6-7,13-20H2,1-2H3,(H,31,34). The maximum Gasteiger partial charge on any atom is 0.254 e. The molecule has 0 radical (unpaired) electrons. The van der Waals surface area contributed by atoms with E-state index in [1.807, 2.05) is 38.1 Å². The highest BCUT2D eigenvalue weighted by Gasteiger charge is 2.42. The number of aryl methyl sites for hydroxylation is 2. The average molecular weight is 474 g/mol. The SMILES string of the molecule is Cc1cccc(C)c1C(=O)N1CC2CN(CCC(NC(=O)C3CCCC3)c3ccccc3)CC2C1. The van der Waals surface area contributed by atoms with Gasteiger partial charge in [-0.3, -0.25) is 9.59 Å². The first kappa shape index (κ1) is 24.1. The van der Waals surface area contributed by atoms with Crippen molar-refractivity contribution in [2.45, 2.75) is 52.0 Å². The van der Waals surface area contributed by atoms with Crippen LogP contribution in [0.3, 0.4) is 0 Å². The zero-order valence-corrected chi connectivity index (χ0v) is 21.2. The monoisotopic (exact) mass is 473 g/mol. The van der Waals surface area contributed by atoms with Crippen molar-refractivity contribution in [3.8, 4) is 0 Å². The van der Waals surface area contributed by atoms with Crippen LogP contribution in [0.2, 0.25) is 0 Å². The average Bonchev–Trinajstić information content (AvgIpc) is 3.59. The van der Waals surface area contributed by atoms with Gasteiger partial charge in [-0.15, -0.1) is 0 Å².